The van der Waals surface area contributed by atoms with E-state index in [0.717, 1.165) is 16.7 Å². The van der Waals surface area contributed by atoms with Gasteiger partial charge >= 0.3 is 6.18 Å². The van der Waals surface area contributed by atoms with Crippen molar-refractivity contribution in [2.45, 2.75) is 12.6 Å². The van der Waals surface area contributed by atoms with Crippen LogP contribution in [0.25, 0.3) is 5.65 Å². The van der Waals surface area contributed by atoms with Crippen molar-refractivity contribution >= 4 is 28.8 Å². The van der Waals surface area contributed by atoms with Crippen LogP contribution >= 0.6 is 11.6 Å². The van der Waals surface area contributed by atoms with Gasteiger partial charge in [0.05, 0.1) is 28.4 Å². The number of carbonyl (C=O) groups is 1. The molecular weight excluding hydrogens is 362 g/mol. The summed E-state index contributed by atoms with van der Waals surface area (Å²) in [5, 5.41) is 2.19. The van der Waals surface area contributed by atoms with Gasteiger partial charge in [0.1, 0.15) is 5.82 Å². The molecule has 0 radical (unpaired) electrons. The number of amides is 1. The number of rotatable bonds is 3. The second-order valence-electron chi connectivity index (χ2n) is 5.24. The van der Waals surface area contributed by atoms with Crippen molar-refractivity contribution in [3.8, 4) is 0 Å². The van der Waals surface area contributed by atoms with Gasteiger partial charge in [-0.25, -0.2) is 9.37 Å². The molecule has 0 atom stereocenters. The molecule has 0 saturated heterocycles. The lowest BCUT2D eigenvalue weighted by molar-refractivity contribution is -0.137. The Labute approximate surface area is 144 Å². The molecule has 9 heteroatoms. The van der Waals surface area contributed by atoms with Gasteiger partial charge in [0, 0.05) is 12.4 Å². The van der Waals surface area contributed by atoms with E-state index in [0.29, 0.717) is 0 Å². The van der Waals surface area contributed by atoms with E-state index in [2.05, 4.69) is 10.3 Å². The van der Waals surface area contributed by atoms with Crippen molar-refractivity contribution in [2.24, 2.45) is 0 Å². The molecule has 0 bridgehead atoms. The lowest BCUT2D eigenvalue weighted by Crippen LogP contribution is -2.15. The molecule has 0 aliphatic rings. The van der Waals surface area contributed by atoms with E-state index < -0.39 is 23.5 Å². The maximum Gasteiger partial charge on any atom is 0.417 e. The van der Waals surface area contributed by atoms with Crippen molar-refractivity contribution in [1.82, 2.24) is 9.38 Å². The molecule has 2 heterocycles. The second kappa shape index (κ2) is 6.36. The summed E-state index contributed by atoms with van der Waals surface area (Å²) in [6, 6.07) is 6.39. The number of carbonyl (C=O) groups excluding carboxylic acids is 1. The van der Waals surface area contributed by atoms with Gasteiger partial charge in [-0.15, -0.1) is 0 Å². The zero-order valence-electron chi connectivity index (χ0n) is 12.4. The Morgan fingerprint density at radius 2 is 1.96 bits per heavy atom. The average Bonchev–Trinajstić information content (AvgIpc) is 2.91. The highest BCUT2D eigenvalue weighted by atomic mass is 35.5. The normalized spacial score (nSPS) is 11.7. The molecule has 3 aromatic rings. The van der Waals surface area contributed by atoms with E-state index in [-0.39, 0.29) is 28.5 Å². The molecule has 1 aromatic carbocycles. The first-order chi connectivity index (χ1) is 11.7. The van der Waals surface area contributed by atoms with E-state index in [4.69, 9.17) is 11.6 Å². The number of hydrogen-bond acceptors (Lipinski definition) is 2. The maximum atomic E-state index is 13.5. The highest BCUT2D eigenvalue weighted by Gasteiger charge is 2.32. The fourth-order valence-corrected chi connectivity index (χ4v) is 2.53. The molecule has 130 valence electrons. The summed E-state index contributed by atoms with van der Waals surface area (Å²) in [5.41, 5.74) is -0.614. The van der Waals surface area contributed by atoms with Gasteiger partial charge in [0.2, 0.25) is 5.91 Å². The highest BCUT2D eigenvalue weighted by molar-refractivity contribution is 6.33. The van der Waals surface area contributed by atoms with E-state index >= 15 is 0 Å². The number of hydrogen-bond donors (Lipinski definition) is 1. The summed E-state index contributed by atoms with van der Waals surface area (Å²) in [6.45, 7) is 0. The zero-order valence-corrected chi connectivity index (χ0v) is 13.2. The lowest BCUT2D eigenvalue weighted by atomic mass is 10.2. The first kappa shape index (κ1) is 17.2. The van der Waals surface area contributed by atoms with E-state index in [9.17, 15) is 22.4 Å². The fraction of sp³-hybridized carbons (Fsp3) is 0.125. The number of halogens is 5. The number of alkyl halides is 3. The molecule has 1 N–H and O–H groups in total. The minimum Gasteiger partial charge on any atom is -0.323 e. The van der Waals surface area contributed by atoms with Gasteiger partial charge in [0.15, 0.2) is 5.65 Å². The Bertz CT molecular complexity index is 952. The maximum absolute atomic E-state index is 13.5. The molecule has 1 amide bonds. The van der Waals surface area contributed by atoms with Crippen LogP contribution in [0.4, 0.5) is 23.2 Å². The molecule has 4 nitrogen and oxygen atoms in total. The van der Waals surface area contributed by atoms with Crippen LogP contribution in [0.5, 0.6) is 0 Å². The molecule has 2 aromatic heterocycles. The topological polar surface area (TPSA) is 46.4 Å². The number of para-hydroxylation sites is 1. The number of imidazole rings is 1. The number of nitrogens with one attached hydrogen (secondary N) is 1. The fourth-order valence-electron chi connectivity index (χ4n) is 2.27. The molecular formula is C16H10ClF4N3O. The summed E-state index contributed by atoms with van der Waals surface area (Å²) in [4.78, 5) is 16.0. The molecule has 25 heavy (non-hydrogen) atoms. The quantitative estimate of drug-likeness (QED) is 0.697. The van der Waals surface area contributed by atoms with Crippen molar-refractivity contribution in [2.75, 3.05) is 5.32 Å². The summed E-state index contributed by atoms with van der Waals surface area (Å²) < 4.78 is 53.0. The predicted octanol–water partition coefficient (Wildman–Crippen LogP) is 4.33. The van der Waals surface area contributed by atoms with Gasteiger partial charge < -0.3 is 9.72 Å². The Hall–Kier alpha value is -2.61. The largest absolute Gasteiger partial charge is 0.417 e. The van der Waals surface area contributed by atoms with Crippen molar-refractivity contribution in [3.63, 3.8) is 0 Å². The first-order valence-electron chi connectivity index (χ1n) is 7.03. The van der Waals surface area contributed by atoms with Crippen LogP contribution in [0, 0.1) is 5.82 Å². The standard InChI is InChI=1S/C16H10ClF4N3O/c17-11-5-9(16(19,20)21)7-24-8-10(22-15(11)24)6-14(25)23-13-4-2-1-3-12(13)18/h1-5,7-8H,6H2,(H,23,25). The Morgan fingerprint density at radius 3 is 2.64 bits per heavy atom. The van der Waals surface area contributed by atoms with Crippen LogP contribution in [0.15, 0.2) is 42.7 Å². The molecule has 0 unspecified atom stereocenters. The number of anilines is 1. The predicted molar refractivity (Wildman–Crippen MR) is 83.9 cm³/mol. The van der Waals surface area contributed by atoms with Crippen LogP contribution < -0.4 is 5.32 Å². The summed E-state index contributed by atoms with van der Waals surface area (Å²) in [5.74, 6) is -1.15. The Kier molecular flexibility index (Phi) is 4.38. The molecule has 0 fully saturated rings. The van der Waals surface area contributed by atoms with Crippen molar-refractivity contribution in [3.05, 3.63) is 64.8 Å². The number of fused-ring (bicyclic) bond motifs is 1. The Balaban J connectivity index is 1.83. The minimum absolute atomic E-state index is 0.00801. The molecule has 3 rings (SSSR count). The van der Waals surface area contributed by atoms with Crippen LogP contribution in [0.1, 0.15) is 11.3 Å². The molecule has 0 saturated carbocycles. The number of aromatic nitrogens is 2. The summed E-state index contributed by atoms with van der Waals surface area (Å²) in [7, 11) is 0. The smallest absolute Gasteiger partial charge is 0.323 e. The molecule has 0 spiro atoms. The van der Waals surface area contributed by atoms with E-state index in [1.807, 2.05) is 0 Å². The average molecular weight is 372 g/mol. The van der Waals surface area contributed by atoms with Gasteiger partial charge in [0.25, 0.3) is 0 Å². The third kappa shape index (κ3) is 3.74. The van der Waals surface area contributed by atoms with Crippen molar-refractivity contribution in [1.29, 1.82) is 0 Å². The Morgan fingerprint density at radius 1 is 1.24 bits per heavy atom. The SMILES string of the molecule is O=C(Cc1cn2cc(C(F)(F)F)cc(Cl)c2n1)Nc1ccccc1F. The lowest BCUT2D eigenvalue weighted by Gasteiger charge is -2.07. The van der Waals surface area contributed by atoms with Crippen LogP contribution in [-0.2, 0) is 17.4 Å². The number of pyridine rings is 1. The zero-order chi connectivity index (χ0) is 18.2. The third-order valence-corrected chi connectivity index (χ3v) is 3.65. The van der Waals surface area contributed by atoms with E-state index in [1.165, 1.54) is 24.4 Å². The van der Waals surface area contributed by atoms with Crippen LogP contribution in [-0.4, -0.2) is 15.3 Å². The van der Waals surface area contributed by atoms with Crippen molar-refractivity contribution < 1.29 is 22.4 Å². The van der Waals surface area contributed by atoms with Gasteiger partial charge in [-0.05, 0) is 18.2 Å². The highest BCUT2D eigenvalue weighted by Crippen LogP contribution is 2.32. The van der Waals surface area contributed by atoms with Crippen LogP contribution in [0.3, 0.4) is 0 Å². The first-order valence-corrected chi connectivity index (χ1v) is 7.40. The van der Waals surface area contributed by atoms with E-state index in [1.54, 1.807) is 6.07 Å². The van der Waals surface area contributed by atoms with Crippen LogP contribution in [0.2, 0.25) is 5.02 Å². The third-order valence-electron chi connectivity index (χ3n) is 3.37. The monoisotopic (exact) mass is 371 g/mol. The van der Waals surface area contributed by atoms with Gasteiger partial charge in [-0.3, -0.25) is 4.79 Å². The number of benzene rings is 1. The summed E-state index contributed by atoms with van der Waals surface area (Å²) in [6.07, 6.45) is -2.68. The number of nitrogens with zero attached hydrogens (tertiary/aromatic N) is 2. The molecule has 0 aliphatic heterocycles. The van der Waals surface area contributed by atoms with Gasteiger partial charge in [-0.1, -0.05) is 23.7 Å². The minimum atomic E-state index is -4.55. The molecule has 0 aliphatic carbocycles. The summed E-state index contributed by atoms with van der Waals surface area (Å²) >= 11 is 5.84. The van der Waals surface area contributed by atoms with Gasteiger partial charge in [-0.2, -0.15) is 13.2 Å². The second-order valence-corrected chi connectivity index (χ2v) is 5.65.